The van der Waals surface area contributed by atoms with Crippen LogP contribution in [0, 0.1) is 6.92 Å². The molecular weight excluding hydrogens is 256 g/mol. The lowest BCUT2D eigenvalue weighted by Gasteiger charge is -2.03. The third-order valence-corrected chi connectivity index (χ3v) is 3.10. The monoisotopic (exact) mass is 266 g/mol. The molecule has 0 aliphatic rings. The van der Waals surface area contributed by atoms with Gasteiger partial charge in [0.1, 0.15) is 11.6 Å². The molecule has 0 bridgehead atoms. The molecule has 0 aromatic carbocycles. The Balaban J connectivity index is 2.18. The molecule has 9 heteroatoms. The number of hydrogen-bond donors (Lipinski definition) is 0. The van der Waals surface area contributed by atoms with Crippen LogP contribution in [0.2, 0.25) is 0 Å². The first-order chi connectivity index (χ1) is 8.70. The molecule has 0 atom stereocenters. The fourth-order valence-electron chi connectivity index (χ4n) is 1.14. The van der Waals surface area contributed by atoms with E-state index in [9.17, 15) is 4.79 Å². The van der Waals surface area contributed by atoms with E-state index in [0.717, 1.165) is 5.69 Å². The second-order valence-electron chi connectivity index (χ2n) is 3.24. The van der Waals surface area contributed by atoms with Crippen LogP contribution in [-0.4, -0.2) is 43.3 Å². The minimum absolute atomic E-state index is 0.0366. The number of nitrogens with zero attached hydrogens (tertiary/aromatic N) is 6. The summed E-state index contributed by atoms with van der Waals surface area (Å²) in [5, 5.41) is 12.2. The first kappa shape index (κ1) is 12.4. The molecule has 2 aromatic rings. The van der Waals surface area contributed by atoms with Gasteiger partial charge in [-0.15, -0.1) is 5.10 Å². The smallest absolute Gasteiger partial charge is 0.327 e. The summed E-state index contributed by atoms with van der Waals surface area (Å²) in [5.74, 6) is -0.417. The summed E-state index contributed by atoms with van der Waals surface area (Å²) in [6, 6.07) is 0. The maximum Gasteiger partial charge on any atom is 0.327 e. The van der Waals surface area contributed by atoms with Crippen molar-refractivity contribution in [3.05, 3.63) is 18.1 Å². The Hall–Kier alpha value is -2.03. The highest BCUT2D eigenvalue weighted by molar-refractivity contribution is 7.99. The summed E-state index contributed by atoms with van der Waals surface area (Å²) in [4.78, 5) is 19.5. The molecule has 2 rings (SSSR count). The molecular formula is C9H10N6O2S. The van der Waals surface area contributed by atoms with Gasteiger partial charge < -0.3 is 4.74 Å². The van der Waals surface area contributed by atoms with E-state index in [1.165, 1.54) is 23.6 Å². The number of esters is 1. The highest BCUT2D eigenvalue weighted by Crippen LogP contribution is 2.24. The van der Waals surface area contributed by atoms with Crippen LogP contribution >= 0.6 is 11.8 Å². The Bertz CT molecular complexity index is 557. The van der Waals surface area contributed by atoms with Crippen LogP contribution in [-0.2, 0) is 16.1 Å². The van der Waals surface area contributed by atoms with Crippen LogP contribution in [0.15, 0.2) is 22.6 Å². The van der Waals surface area contributed by atoms with Gasteiger partial charge >= 0.3 is 5.97 Å². The van der Waals surface area contributed by atoms with Crippen molar-refractivity contribution in [2.24, 2.45) is 0 Å². The molecule has 0 N–H and O–H groups in total. The van der Waals surface area contributed by atoms with E-state index in [1.54, 1.807) is 12.4 Å². The fourth-order valence-corrected chi connectivity index (χ4v) is 1.91. The Kier molecular flexibility index (Phi) is 3.82. The average molecular weight is 266 g/mol. The first-order valence-electron chi connectivity index (χ1n) is 4.99. The molecule has 0 aliphatic carbocycles. The molecule has 0 amide bonds. The van der Waals surface area contributed by atoms with Crippen LogP contribution < -0.4 is 0 Å². The molecule has 0 saturated heterocycles. The van der Waals surface area contributed by atoms with Crippen molar-refractivity contribution in [3.63, 3.8) is 0 Å². The molecule has 94 valence electrons. The summed E-state index contributed by atoms with van der Waals surface area (Å²) in [5.41, 5.74) is 0.773. The number of carbonyl (C=O) groups excluding carboxylic acids is 1. The first-order valence-corrected chi connectivity index (χ1v) is 5.81. The number of tetrazole rings is 1. The standard InChI is InChI=1S/C9H10N6O2S/c1-6-8(11-4-3-10-6)18-9-12-13-14-15(9)5-7(16)17-2/h3-4H,5H2,1-2H3. The van der Waals surface area contributed by atoms with E-state index in [-0.39, 0.29) is 6.54 Å². The third-order valence-electron chi connectivity index (χ3n) is 2.03. The van der Waals surface area contributed by atoms with E-state index in [0.29, 0.717) is 10.2 Å². The largest absolute Gasteiger partial charge is 0.468 e. The lowest BCUT2D eigenvalue weighted by Crippen LogP contribution is -2.13. The minimum Gasteiger partial charge on any atom is -0.468 e. The summed E-state index contributed by atoms with van der Waals surface area (Å²) < 4.78 is 5.91. The number of hydrogen-bond acceptors (Lipinski definition) is 8. The van der Waals surface area contributed by atoms with Crippen LogP contribution in [0.4, 0.5) is 0 Å². The van der Waals surface area contributed by atoms with Gasteiger partial charge in [-0.05, 0) is 29.1 Å². The van der Waals surface area contributed by atoms with Crippen molar-refractivity contribution in [3.8, 4) is 0 Å². The lowest BCUT2D eigenvalue weighted by molar-refractivity contribution is -0.141. The van der Waals surface area contributed by atoms with Gasteiger partial charge in [-0.1, -0.05) is 0 Å². The van der Waals surface area contributed by atoms with Crippen LogP contribution in [0.5, 0.6) is 0 Å². The molecule has 0 spiro atoms. The summed E-state index contributed by atoms with van der Waals surface area (Å²) in [6.45, 7) is 1.80. The van der Waals surface area contributed by atoms with Gasteiger partial charge in [0.15, 0.2) is 0 Å². The Morgan fingerprint density at radius 1 is 1.44 bits per heavy atom. The van der Waals surface area contributed by atoms with Crippen LogP contribution in [0.3, 0.4) is 0 Å². The average Bonchev–Trinajstić information content (AvgIpc) is 2.79. The zero-order valence-electron chi connectivity index (χ0n) is 9.77. The normalized spacial score (nSPS) is 10.3. The van der Waals surface area contributed by atoms with E-state index < -0.39 is 5.97 Å². The van der Waals surface area contributed by atoms with Crippen molar-refractivity contribution in [2.75, 3.05) is 7.11 Å². The Morgan fingerprint density at radius 3 is 2.94 bits per heavy atom. The number of aromatic nitrogens is 6. The molecule has 0 aliphatic heterocycles. The predicted molar refractivity (Wildman–Crippen MR) is 60.7 cm³/mol. The number of carbonyl (C=O) groups is 1. The maximum absolute atomic E-state index is 11.2. The predicted octanol–water partition coefficient (Wildman–Crippen LogP) is 0.0957. The van der Waals surface area contributed by atoms with E-state index in [2.05, 4.69) is 30.2 Å². The van der Waals surface area contributed by atoms with Gasteiger partial charge in [-0.2, -0.15) is 0 Å². The number of aryl methyl sites for hydroxylation is 1. The number of ether oxygens (including phenoxy) is 1. The van der Waals surface area contributed by atoms with Gasteiger partial charge in [-0.3, -0.25) is 9.78 Å². The Morgan fingerprint density at radius 2 is 2.22 bits per heavy atom. The molecule has 0 unspecified atom stereocenters. The molecule has 2 heterocycles. The quantitative estimate of drug-likeness (QED) is 0.719. The summed E-state index contributed by atoms with van der Waals surface area (Å²) in [6.07, 6.45) is 3.20. The van der Waals surface area contributed by atoms with Crippen molar-refractivity contribution in [1.29, 1.82) is 0 Å². The minimum atomic E-state index is -0.417. The zero-order valence-corrected chi connectivity index (χ0v) is 10.6. The lowest BCUT2D eigenvalue weighted by atomic mass is 10.5. The van der Waals surface area contributed by atoms with Crippen molar-refractivity contribution >= 4 is 17.7 Å². The zero-order chi connectivity index (χ0) is 13.0. The highest BCUT2D eigenvalue weighted by Gasteiger charge is 2.13. The molecule has 0 saturated carbocycles. The SMILES string of the molecule is COC(=O)Cn1nnnc1Sc1nccnc1C. The molecule has 0 fully saturated rings. The van der Waals surface area contributed by atoms with Gasteiger partial charge in [0.2, 0.25) is 5.16 Å². The fraction of sp³-hybridized carbons (Fsp3) is 0.333. The molecule has 0 radical (unpaired) electrons. The second kappa shape index (κ2) is 5.54. The van der Waals surface area contributed by atoms with Gasteiger partial charge in [-0.25, -0.2) is 9.67 Å². The maximum atomic E-state index is 11.2. The second-order valence-corrected chi connectivity index (χ2v) is 4.20. The van der Waals surface area contributed by atoms with Crippen molar-refractivity contribution < 1.29 is 9.53 Å². The number of rotatable bonds is 4. The van der Waals surface area contributed by atoms with Crippen molar-refractivity contribution in [1.82, 2.24) is 30.2 Å². The van der Waals surface area contributed by atoms with E-state index in [1.807, 2.05) is 6.92 Å². The third kappa shape index (κ3) is 2.80. The van der Waals surface area contributed by atoms with Gasteiger partial charge in [0.05, 0.1) is 12.8 Å². The van der Waals surface area contributed by atoms with E-state index in [4.69, 9.17) is 0 Å². The van der Waals surface area contributed by atoms with Gasteiger partial charge in [0, 0.05) is 12.4 Å². The highest BCUT2D eigenvalue weighted by atomic mass is 32.2. The number of methoxy groups -OCH3 is 1. The van der Waals surface area contributed by atoms with E-state index >= 15 is 0 Å². The van der Waals surface area contributed by atoms with Crippen molar-refractivity contribution in [2.45, 2.75) is 23.7 Å². The summed E-state index contributed by atoms with van der Waals surface area (Å²) in [7, 11) is 1.31. The topological polar surface area (TPSA) is 95.7 Å². The molecule has 8 nitrogen and oxygen atoms in total. The summed E-state index contributed by atoms with van der Waals surface area (Å²) >= 11 is 1.25. The molecule has 18 heavy (non-hydrogen) atoms. The van der Waals surface area contributed by atoms with Gasteiger partial charge in [0.25, 0.3) is 0 Å². The van der Waals surface area contributed by atoms with Crippen LogP contribution in [0.1, 0.15) is 5.69 Å². The van der Waals surface area contributed by atoms with Crippen LogP contribution in [0.25, 0.3) is 0 Å². The molecule has 2 aromatic heterocycles. The Labute approximate surface area is 107 Å².